The number of nitrogens with one attached hydrogen (secondary N) is 1. The summed E-state index contributed by atoms with van der Waals surface area (Å²) < 4.78 is 26.7. The highest BCUT2D eigenvalue weighted by Crippen LogP contribution is 2.31. The van der Waals surface area contributed by atoms with Gasteiger partial charge in [0.1, 0.15) is 11.6 Å². The third kappa shape index (κ3) is 3.06. The standard InChI is InChI=1S/C19H16FN3O2S/c1-12-2-8-15(9-3-12)23-18(16-10-26(25)11-17(16)22-23)21-19(24)13-4-6-14(20)7-5-13/h2-9H,10-11H2,1H3,(H,21,24). The van der Waals surface area contributed by atoms with E-state index in [1.54, 1.807) is 4.68 Å². The lowest BCUT2D eigenvalue weighted by atomic mass is 10.2. The first-order valence-electron chi connectivity index (χ1n) is 8.11. The lowest BCUT2D eigenvalue weighted by Crippen LogP contribution is -2.16. The summed E-state index contributed by atoms with van der Waals surface area (Å²) in [5.74, 6) is 0.499. The van der Waals surface area contributed by atoms with Crippen LogP contribution in [0.25, 0.3) is 5.69 Å². The largest absolute Gasteiger partial charge is 0.306 e. The zero-order chi connectivity index (χ0) is 18.3. The summed E-state index contributed by atoms with van der Waals surface area (Å²) in [5.41, 5.74) is 3.80. The number of carbonyl (C=O) groups is 1. The van der Waals surface area contributed by atoms with Crippen molar-refractivity contribution in [2.24, 2.45) is 0 Å². The van der Waals surface area contributed by atoms with Crippen LogP contribution in [0.2, 0.25) is 0 Å². The second-order valence-electron chi connectivity index (χ2n) is 6.21. The Bertz CT molecular complexity index is 1010. The Morgan fingerprint density at radius 1 is 1.12 bits per heavy atom. The number of rotatable bonds is 3. The monoisotopic (exact) mass is 369 g/mol. The maximum absolute atomic E-state index is 13.1. The number of aromatic nitrogens is 2. The van der Waals surface area contributed by atoms with Crippen molar-refractivity contribution < 1.29 is 13.4 Å². The van der Waals surface area contributed by atoms with Gasteiger partial charge in [0.05, 0.1) is 22.9 Å². The van der Waals surface area contributed by atoms with E-state index in [9.17, 15) is 13.4 Å². The van der Waals surface area contributed by atoms with E-state index in [-0.39, 0.29) is 5.91 Å². The van der Waals surface area contributed by atoms with E-state index in [4.69, 9.17) is 0 Å². The fraction of sp³-hybridized carbons (Fsp3) is 0.158. The van der Waals surface area contributed by atoms with Crippen molar-refractivity contribution in [2.45, 2.75) is 18.4 Å². The Morgan fingerprint density at radius 2 is 1.81 bits per heavy atom. The Balaban J connectivity index is 1.74. The Kier molecular flexibility index (Phi) is 4.16. The average Bonchev–Trinajstić information content (AvgIpc) is 3.13. The summed E-state index contributed by atoms with van der Waals surface area (Å²) >= 11 is 0. The van der Waals surface area contributed by atoms with Crippen LogP contribution < -0.4 is 5.32 Å². The van der Waals surface area contributed by atoms with Gasteiger partial charge in [-0.25, -0.2) is 9.07 Å². The van der Waals surface area contributed by atoms with Gasteiger partial charge in [0, 0.05) is 21.9 Å². The molecule has 0 saturated heterocycles. The molecule has 7 heteroatoms. The molecule has 1 N–H and O–H groups in total. The zero-order valence-corrected chi connectivity index (χ0v) is 14.8. The van der Waals surface area contributed by atoms with Crippen molar-refractivity contribution in [1.29, 1.82) is 0 Å². The fourth-order valence-corrected chi connectivity index (χ4v) is 4.17. The van der Waals surface area contributed by atoms with Crippen LogP contribution in [0, 0.1) is 12.7 Å². The van der Waals surface area contributed by atoms with Gasteiger partial charge in [0.25, 0.3) is 5.91 Å². The fourth-order valence-electron chi connectivity index (χ4n) is 2.91. The molecule has 0 radical (unpaired) electrons. The van der Waals surface area contributed by atoms with Crippen LogP contribution in [0.1, 0.15) is 27.2 Å². The molecule has 2 aromatic carbocycles. The van der Waals surface area contributed by atoms with Crippen molar-refractivity contribution in [3.05, 3.63) is 76.7 Å². The number of fused-ring (bicyclic) bond motifs is 1. The molecule has 132 valence electrons. The third-order valence-corrected chi connectivity index (χ3v) is 5.49. The van der Waals surface area contributed by atoms with Crippen LogP contribution in [0.15, 0.2) is 48.5 Å². The maximum atomic E-state index is 13.1. The van der Waals surface area contributed by atoms with E-state index in [0.29, 0.717) is 22.9 Å². The summed E-state index contributed by atoms with van der Waals surface area (Å²) in [6.07, 6.45) is 0. The van der Waals surface area contributed by atoms with E-state index in [1.807, 2.05) is 31.2 Å². The summed E-state index contributed by atoms with van der Waals surface area (Å²) in [6, 6.07) is 13.1. The highest BCUT2D eigenvalue weighted by atomic mass is 32.2. The number of carbonyl (C=O) groups excluding carboxylic acids is 1. The summed E-state index contributed by atoms with van der Waals surface area (Å²) in [6.45, 7) is 1.99. The third-order valence-electron chi connectivity index (χ3n) is 4.29. The van der Waals surface area contributed by atoms with Crippen LogP contribution in [0.3, 0.4) is 0 Å². The first-order valence-corrected chi connectivity index (χ1v) is 9.60. The molecule has 1 amide bonds. The van der Waals surface area contributed by atoms with Crippen molar-refractivity contribution in [1.82, 2.24) is 9.78 Å². The van der Waals surface area contributed by atoms with Crippen LogP contribution in [0.5, 0.6) is 0 Å². The van der Waals surface area contributed by atoms with Gasteiger partial charge < -0.3 is 5.32 Å². The second-order valence-corrected chi connectivity index (χ2v) is 7.67. The van der Waals surface area contributed by atoms with Crippen LogP contribution in [0.4, 0.5) is 10.2 Å². The predicted octanol–water partition coefficient (Wildman–Crippen LogP) is 3.33. The topological polar surface area (TPSA) is 64.0 Å². The van der Waals surface area contributed by atoms with Gasteiger partial charge >= 0.3 is 0 Å². The Morgan fingerprint density at radius 3 is 2.50 bits per heavy atom. The van der Waals surface area contributed by atoms with Crippen molar-refractivity contribution in [3.63, 3.8) is 0 Å². The summed E-state index contributed by atoms with van der Waals surface area (Å²) in [4.78, 5) is 12.6. The number of aryl methyl sites for hydroxylation is 1. The van der Waals surface area contributed by atoms with Gasteiger partial charge in [0.2, 0.25) is 0 Å². The Hall–Kier alpha value is -2.80. The Labute approximate surface area is 152 Å². The number of benzene rings is 2. The molecule has 1 unspecified atom stereocenters. The lowest BCUT2D eigenvalue weighted by Gasteiger charge is -2.11. The molecular weight excluding hydrogens is 353 g/mol. The predicted molar refractivity (Wildman–Crippen MR) is 98.2 cm³/mol. The van der Waals surface area contributed by atoms with Crippen molar-refractivity contribution in [2.75, 3.05) is 5.32 Å². The molecule has 3 aromatic rings. The lowest BCUT2D eigenvalue weighted by molar-refractivity contribution is 0.102. The molecule has 1 aromatic heterocycles. The van der Waals surface area contributed by atoms with Gasteiger partial charge in [-0.2, -0.15) is 5.10 Å². The molecular formula is C19H16FN3O2S. The van der Waals surface area contributed by atoms with Crippen molar-refractivity contribution in [3.8, 4) is 5.69 Å². The molecule has 4 rings (SSSR count). The molecule has 0 aliphatic carbocycles. The van der Waals surface area contributed by atoms with Gasteiger partial charge in [-0.3, -0.25) is 9.00 Å². The molecule has 0 spiro atoms. The maximum Gasteiger partial charge on any atom is 0.256 e. The van der Waals surface area contributed by atoms with Gasteiger partial charge in [-0.05, 0) is 43.3 Å². The number of halogens is 1. The minimum Gasteiger partial charge on any atom is -0.306 e. The van der Waals surface area contributed by atoms with Crippen LogP contribution in [-0.2, 0) is 22.3 Å². The van der Waals surface area contributed by atoms with E-state index in [0.717, 1.165) is 22.5 Å². The van der Waals surface area contributed by atoms with Gasteiger partial charge in [-0.1, -0.05) is 17.7 Å². The zero-order valence-electron chi connectivity index (χ0n) is 14.0. The molecule has 5 nitrogen and oxygen atoms in total. The SMILES string of the molecule is Cc1ccc(-n2nc3c(c2NC(=O)c2ccc(F)cc2)CS(=O)C3)cc1. The molecule has 26 heavy (non-hydrogen) atoms. The normalized spacial score (nSPS) is 15.7. The molecule has 2 heterocycles. The average molecular weight is 369 g/mol. The molecule has 1 atom stereocenters. The van der Waals surface area contributed by atoms with E-state index >= 15 is 0 Å². The van der Waals surface area contributed by atoms with Gasteiger partial charge in [-0.15, -0.1) is 0 Å². The number of hydrogen-bond donors (Lipinski definition) is 1. The minimum atomic E-state index is -1.01. The van der Waals surface area contributed by atoms with E-state index < -0.39 is 16.6 Å². The van der Waals surface area contributed by atoms with E-state index in [1.165, 1.54) is 24.3 Å². The van der Waals surface area contributed by atoms with Crippen molar-refractivity contribution >= 4 is 22.5 Å². The first kappa shape index (κ1) is 16.7. The number of anilines is 1. The van der Waals surface area contributed by atoms with Gasteiger partial charge in [0.15, 0.2) is 0 Å². The number of nitrogens with zero attached hydrogens (tertiary/aromatic N) is 2. The number of amides is 1. The molecule has 1 aliphatic rings. The quantitative estimate of drug-likeness (QED) is 0.770. The molecule has 0 saturated carbocycles. The molecule has 1 aliphatic heterocycles. The molecule has 0 bridgehead atoms. The second kappa shape index (κ2) is 6.49. The van der Waals surface area contributed by atoms with Crippen LogP contribution in [-0.4, -0.2) is 19.9 Å². The highest BCUT2D eigenvalue weighted by Gasteiger charge is 2.28. The minimum absolute atomic E-state index is 0.343. The van der Waals surface area contributed by atoms with E-state index in [2.05, 4.69) is 10.4 Å². The molecule has 0 fully saturated rings. The smallest absolute Gasteiger partial charge is 0.256 e. The first-order chi connectivity index (χ1) is 12.5. The summed E-state index contributed by atoms with van der Waals surface area (Å²) in [5, 5.41) is 7.42. The van der Waals surface area contributed by atoms with Crippen LogP contribution >= 0.6 is 0 Å². The highest BCUT2D eigenvalue weighted by molar-refractivity contribution is 7.83. The number of hydrogen-bond acceptors (Lipinski definition) is 3. The summed E-state index contributed by atoms with van der Waals surface area (Å²) in [7, 11) is -1.01.